The maximum Gasteiger partial charge on any atom is 0.341 e. The minimum atomic E-state index is -1.06. The summed E-state index contributed by atoms with van der Waals surface area (Å²) in [4.78, 5) is 14.6. The molecule has 8 heteroatoms. The number of fused-ring (bicyclic) bond motifs is 1. The van der Waals surface area contributed by atoms with Gasteiger partial charge >= 0.3 is 5.97 Å². The molecule has 0 amide bonds. The van der Waals surface area contributed by atoms with E-state index in [9.17, 15) is 9.90 Å². The number of aliphatic carboxylic acids is 1. The Labute approximate surface area is 201 Å². The maximum absolute atomic E-state index is 11.2. The van der Waals surface area contributed by atoms with Gasteiger partial charge in [-0.2, -0.15) is 0 Å². The van der Waals surface area contributed by atoms with E-state index in [1.54, 1.807) is 23.9 Å². The molecule has 0 saturated heterocycles. The van der Waals surface area contributed by atoms with E-state index < -0.39 is 12.6 Å². The van der Waals surface area contributed by atoms with Gasteiger partial charge in [0, 0.05) is 21.4 Å². The van der Waals surface area contributed by atoms with Crippen LogP contribution in [-0.4, -0.2) is 37.8 Å². The molecule has 1 aliphatic carbocycles. The number of carbonyl (C=O) groups is 1. The fourth-order valence-corrected chi connectivity index (χ4v) is 5.28. The molecular weight excluding hydrogens is 450 g/mol. The number of nitrogens with zero attached hydrogens (tertiary/aromatic N) is 3. The minimum Gasteiger partial charge on any atom is -0.505 e. The zero-order valence-corrected chi connectivity index (χ0v) is 19.4. The lowest BCUT2D eigenvalue weighted by atomic mass is 9.83. The Balaban J connectivity index is 1.52. The molecule has 0 atom stereocenters. The molecule has 0 radical (unpaired) electrons. The zero-order valence-electron chi connectivity index (χ0n) is 18.6. The van der Waals surface area contributed by atoms with E-state index >= 15 is 0 Å². The Bertz CT molecular complexity index is 1320. The number of rotatable bonds is 7. The molecule has 34 heavy (non-hydrogen) atoms. The number of benzene rings is 3. The fraction of sp³-hybridized carbons (Fsp3) is 0.269. The lowest BCUT2D eigenvalue weighted by Gasteiger charge is -2.24. The predicted molar refractivity (Wildman–Crippen MR) is 130 cm³/mol. The Morgan fingerprint density at radius 1 is 0.971 bits per heavy atom. The molecular formula is C26H25N3O4S. The van der Waals surface area contributed by atoms with Crippen molar-refractivity contribution in [2.45, 2.75) is 47.8 Å². The van der Waals surface area contributed by atoms with Crippen molar-refractivity contribution in [1.82, 2.24) is 15.0 Å². The molecule has 0 aliphatic heterocycles. The van der Waals surface area contributed by atoms with Crippen molar-refractivity contribution >= 4 is 28.8 Å². The van der Waals surface area contributed by atoms with Gasteiger partial charge < -0.3 is 14.9 Å². The molecule has 0 bridgehead atoms. The second-order valence-corrected chi connectivity index (χ2v) is 9.60. The van der Waals surface area contributed by atoms with Crippen LogP contribution in [0.4, 0.5) is 0 Å². The number of hydrogen-bond donors (Lipinski definition) is 2. The number of ether oxygens (including phenoxy) is 1. The number of carboxylic acid groups (broad SMARTS) is 1. The highest BCUT2D eigenvalue weighted by atomic mass is 32.2. The summed E-state index contributed by atoms with van der Waals surface area (Å²) in [5.74, 6) is -0.355. The maximum atomic E-state index is 11.2. The van der Waals surface area contributed by atoms with Crippen LogP contribution in [0.15, 0.2) is 70.5 Å². The molecule has 1 heterocycles. The van der Waals surface area contributed by atoms with Crippen molar-refractivity contribution in [2.75, 3.05) is 6.61 Å². The van der Waals surface area contributed by atoms with Crippen LogP contribution >= 0.6 is 11.8 Å². The first-order valence-corrected chi connectivity index (χ1v) is 12.2. The van der Waals surface area contributed by atoms with Crippen molar-refractivity contribution in [3.8, 4) is 17.2 Å². The van der Waals surface area contributed by atoms with Crippen LogP contribution in [-0.2, 0) is 4.79 Å². The molecule has 3 aromatic carbocycles. The second-order valence-electron chi connectivity index (χ2n) is 8.45. The highest BCUT2D eigenvalue weighted by molar-refractivity contribution is 7.99. The number of hydrogen-bond acceptors (Lipinski definition) is 6. The standard InChI is InChI=1S/C26H25N3O4S/c30-25(31)16-33-18-13-21(17-7-3-1-4-8-17)26(32)24(14-18)29-27-22-12-11-20(15-23(22)28-29)34-19-9-5-2-6-10-19/h2,5-6,9-15,17,32H,1,3-4,7-8,16H2,(H,30,31). The van der Waals surface area contributed by atoms with Crippen molar-refractivity contribution in [2.24, 2.45) is 0 Å². The molecule has 1 saturated carbocycles. The molecule has 7 nitrogen and oxygen atoms in total. The summed E-state index contributed by atoms with van der Waals surface area (Å²) < 4.78 is 5.49. The first-order valence-electron chi connectivity index (χ1n) is 11.4. The monoisotopic (exact) mass is 475 g/mol. The largest absolute Gasteiger partial charge is 0.505 e. The third kappa shape index (κ3) is 4.87. The van der Waals surface area contributed by atoms with E-state index in [0.29, 0.717) is 22.5 Å². The highest BCUT2D eigenvalue weighted by Gasteiger charge is 2.23. The van der Waals surface area contributed by atoms with Crippen LogP contribution in [0.2, 0.25) is 0 Å². The van der Waals surface area contributed by atoms with E-state index in [4.69, 9.17) is 9.84 Å². The number of phenolic OH excluding ortho intramolecular Hbond substituents is 1. The molecule has 2 N–H and O–H groups in total. The van der Waals surface area contributed by atoms with Crippen LogP contribution in [0.5, 0.6) is 11.5 Å². The predicted octanol–water partition coefficient (Wildman–Crippen LogP) is 5.79. The quantitative estimate of drug-likeness (QED) is 0.349. The Morgan fingerprint density at radius 2 is 1.74 bits per heavy atom. The van der Waals surface area contributed by atoms with Crippen LogP contribution in [0.1, 0.15) is 43.6 Å². The molecule has 4 aromatic rings. The molecule has 5 rings (SSSR count). The Kier molecular flexibility index (Phi) is 6.40. The van der Waals surface area contributed by atoms with E-state index in [1.807, 2.05) is 36.4 Å². The topological polar surface area (TPSA) is 97.5 Å². The van der Waals surface area contributed by atoms with Crippen LogP contribution in [0, 0.1) is 0 Å². The number of aromatic nitrogens is 3. The lowest BCUT2D eigenvalue weighted by molar-refractivity contribution is -0.139. The van der Waals surface area contributed by atoms with E-state index in [-0.39, 0.29) is 11.7 Å². The SMILES string of the molecule is O=C(O)COc1cc(C2CCCCC2)c(O)c(-n2nc3ccc(Sc4ccccc4)cc3n2)c1. The third-order valence-corrected chi connectivity index (χ3v) is 7.04. The summed E-state index contributed by atoms with van der Waals surface area (Å²) in [7, 11) is 0. The van der Waals surface area contributed by atoms with E-state index in [2.05, 4.69) is 22.3 Å². The Morgan fingerprint density at radius 3 is 2.50 bits per heavy atom. The summed E-state index contributed by atoms with van der Waals surface area (Å²) in [5, 5.41) is 29.5. The second kappa shape index (κ2) is 9.77. The number of phenols is 1. The van der Waals surface area contributed by atoms with Crippen molar-refractivity contribution < 1.29 is 19.7 Å². The van der Waals surface area contributed by atoms with Gasteiger partial charge in [-0.3, -0.25) is 0 Å². The normalized spacial score (nSPS) is 14.4. The van der Waals surface area contributed by atoms with Crippen molar-refractivity contribution in [3.63, 3.8) is 0 Å². The minimum absolute atomic E-state index is 0.119. The highest BCUT2D eigenvalue weighted by Crippen LogP contribution is 2.42. The molecule has 1 fully saturated rings. The number of carboxylic acids is 1. The van der Waals surface area contributed by atoms with Gasteiger partial charge in [0.1, 0.15) is 28.2 Å². The number of aromatic hydroxyl groups is 1. The van der Waals surface area contributed by atoms with Crippen LogP contribution in [0.25, 0.3) is 16.7 Å². The molecule has 0 spiro atoms. The zero-order chi connectivity index (χ0) is 23.5. The van der Waals surface area contributed by atoms with Gasteiger partial charge in [0.15, 0.2) is 6.61 Å². The van der Waals surface area contributed by atoms with Gasteiger partial charge in [-0.1, -0.05) is 49.2 Å². The summed E-state index contributed by atoms with van der Waals surface area (Å²) in [6.45, 7) is -0.455. The third-order valence-electron chi connectivity index (χ3n) is 6.05. The lowest BCUT2D eigenvalue weighted by Crippen LogP contribution is -2.12. The van der Waals surface area contributed by atoms with E-state index in [1.165, 1.54) is 11.2 Å². The summed E-state index contributed by atoms with van der Waals surface area (Å²) in [6.07, 6.45) is 5.35. The van der Waals surface area contributed by atoms with Crippen molar-refractivity contribution in [3.05, 3.63) is 66.2 Å². The summed E-state index contributed by atoms with van der Waals surface area (Å²) in [5.41, 5.74) is 2.56. The average molecular weight is 476 g/mol. The summed E-state index contributed by atoms with van der Waals surface area (Å²) >= 11 is 1.64. The molecule has 1 aliphatic rings. The van der Waals surface area contributed by atoms with Gasteiger partial charge in [0.25, 0.3) is 0 Å². The first kappa shape index (κ1) is 22.3. The first-order chi connectivity index (χ1) is 16.6. The van der Waals surface area contributed by atoms with Gasteiger partial charge in [-0.25, -0.2) is 4.79 Å². The van der Waals surface area contributed by atoms with Gasteiger partial charge in [-0.15, -0.1) is 15.0 Å². The summed E-state index contributed by atoms with van der Waals surface area (Å²) in [6, 6.07) is 19.3. The van der Waals surface area contributed by atoms with Gasteiger partial charge in [-0.05, 0) is 55.2 Å². The van der Waals surface area contributed by atoms with Gasteiger partial charge in [0.05, 0.1) is 0 Å². The fourth-order valence-electron chi connectivity index (χ4n) is 4.41. The molecule has 174 valence electrons. The van der Waals surface area contributed by atoms with Gasteiger partial charge in [0.2, 0.25) is 0 Å². The molecule has 1 aromatic heterocycles. The molecule has 0 unspecified atom stereocenters. The van der Waals surface area contributed by atoms with Crippen LogP contribution in [0.3, 0.4) is 0 Å². The van der Waals surface area contributed by atoms with Crippen molar-refractivity contribution in [1.29, 1.82) is 0 Å². The Hall–Kier alpha value is -3.52. The smallest absolute Gasteiger partial charge is 0.341 e. The van der Waals surface area contributed by atoms with Crippen LogP contribution < -0.4 is 4.74 Å². The van der Waals surface area contributed by atoms with E-state index in [0.717, 1.165) is 41.0 Å². The average Bonchev–Trinajstić information content (AvgIpc) is 3.27.